The molecule has 0 fully saturated rings. The van der Waals surface area contributed by atoms with Crippen molar-refractivity contribution in [1.82, 2.24) is 5.32 Å². The molecule has 0 saturated carbocycles. The number of benzene rings is 2. The number of sulfone groups is 1. The zero-order valence-corrected chi connectivity index (χ0v) is 14.4. The predicted molar refractivity (Wildman–Crippen MR) is 90.5 cm³/mol. The fourth-order valence-corrected chi connectivity index (χ4v) is 3.61. The van der Waals surface area contributed by atoms with E-state index in [0.717, 1.165) is 18.4 Å². The largest absolute Gasteiger partial charge is 0.488 e. The Hall–Kier alpha value is -1.92. The van der Waals surface area contributed by atoms with Crippen LogP contribution in [0, 0.1) is 5.82 Å². The van der Waals surface area contributed by atoms with E-state index >= 15 is 0 Å². The summed E-state index contributed by atoms with van der Waals surface area (Å²) < 4.78 is 42.8. The van der Waals surface area contributed by atoms with E-state index in [1.54, 1.807) is 6.07 Å². The molecule has 2 aromatic carbocycles. The summed E-state index contributed by atoms with van der Waals surface area (Å²) in [6.45, 7) is 2.54. The van der Waals surface area contributed by atoms with Crippen molar-refractivity contribution in [3.05, 3.63) is 59.4 Å². The van der Waals surface area contributed by atoms with Gasteiger partial charge < -0.3 is 10.1 Å². The molecule has 0 bridgehead atoms. The lowest BCUT2D eigenvalue weighted by Crippen LogP contribution is -2.32. The molecular weight excluding hydrogens is 329 g/mol. The Morgan fingerprint density at radius 2 is 2.04 bits per heavy atom. The quantitative estimate of drug-likeness (QED) is 0.902. The van der Waals surface area contributed by atoms with E-state index in [4.69, 9.17) is 4.74 Å². The molecule has 2 aromatic rings. The molecule has 0 spiro atoms. The van der Waals surface area contributed by atoms with Gasteiger partial charge in [0, 0.05) is 25.3 Å². The fraction of sp³-hybridized carbons (Fsp3) is 0.333. The summed E-state index contributed by atoms with van der Waals surface area (Å²) in [5.41, 5.74) is 1.90. The Labute approximate surface area is 141 Å². The number of ether oxygens (including phenoxy) is 1. The van der Waals surface area contributed by atoms with Gasteiger partial charge in [-0.05, 0) is 36.2 Å². The Kier molecular flexibility index (Phi) is 4.60. The van der Waals surface area contributed by atoms with Crippen LogP contribution in [0.1, 0.15) is 24.1 Å². The molecule has 4 nitrogen and oxygen atoms in total. The van der Waals surface area contributed by atoms with Gasteiger partial charge in [-0.25, -0.2) is 12.8 Å². The number of halogens is 1. The van der Waals surface area contributed by atoms with Gasteiger partial charge in [-0.15, -0.1) is 0 Å². The van der Waals surface area contributed by atoms with Crippen molar-refractivity contribution in [3.8, 4) is 5.75 Å². The SMILES string of the molecule is C[C@H](NC[C@H]1Cc2ccccc2O1)c1ccc(S(C)(=O)=O)c(F)c1. The summed E-state index contributed by atoms with van der Waals surface area (Å²) in [7, 11) is -3.55. The molecule has 0 aliphatic carbocycles. The van der Waals surface area contributed by atoms with E-state index in [1.165, 1.54) is 17.7 Å². The second-order valence-electron chi connectivity index (χ2n) is 6.14. The molecule has 6 heteroatoms. The van der Waals surface area contributed by atoms with E-state index in [0.29, 0.717) is 12.1 Å². The lowest BCUT2D eigenvalue weighted by molar-refractivity contribution is 0.222. The minimum Gasteiger partial charge on any atom is -0.488 e. The van der Waals surface area contributed by atoms with E-state index < -0.39 is 15.7 Å². The van der Waals surface area contributed by atoms with Crippen LogP contribution in [0.25, 0.3) is 0 Å². The van der Waals surface area contributed by atoms with Gasteiger partial charge in [0.2, 0.25) is 0 Å². The summed E-state index contributed by atoms with van der Waals surface area (Å²) in [5.74, 6) is 0.202. The lowest BCUT2D eigenvalue weighted by Gasteiger charge is -2.18. The zero-order chi connectivity index (χ0) is 17.3. The topological polar surface area (TPSA) is 55.4 Å². The van der Waals surface area contributed by atoms with E-state index in [9.17, 15) is 12.8 Å². The van der Waals surface area contributed by atoms with Gasteiger partial charge in [-0.2, -0.15) is 0 Å². The smallest absolute Gasteiger partial charge is 0.178 e. The van der Waals surface area contributed by atoms with Gasteiger partial charge in [0.25, 0.3) is 0 Å². The molecule has 0 aromatic heterocycles. The lowest BCUT2D eigenvalue weighted by atomic mass is 10.1. The highest BCUT2D eigenvalue weighted by Crippen LogP contribution is 2.28. The third kappa shape index (κ3) is 3.60. The van der Waals surface area contributed by atoms with Crippen molar-refractivity contribution in [2.75, 3.05) is 12.8 Å². The first kappa shape index (κ1) is 16.9. The van der Waals surface area contributed by atoms with Crippen LogP contribution in [-0.4, -0.2) is 27.3 Å². The van der Waals surface area contributed by atoms with E-state index in [-0.39, 0.29) is 17.0 Å². The van der Waals surface area contributed by atoms with Gasteiger partial charge in [-0.1, -0.05) is 24.3 Å². The monoisotopic (exact) mass is 349 g/mol. The molecule has 1 heterocycles. The highest BCUT2D eigenvalue weighted by atomic mass is 32.2. The number of rotatable bonds is 5. The van der Waals surface area contributed by atoms with Crippen molar-refractivity contribution in [1.29, 1.82) is 0 Å². The number of fused-ring (bicyclic) bond motifs is 1. The maximum absolute atomic E-state index is 14.0. The van der Waals surface area contributed by atoms with E-state index in [1.807, 2.05) is 25.1 Å². The van der Waals surface area contributed by atoms with Crippen LogP contribution < -0.4 is 10.1 Å². The first-order valence-electron chi connectivity index (χ1n) is 7.82. The normalized spacial score (nSPS) is 18.0. The third-order valence-corrected chi connectivity index (χ3v) is 5.35. The van der Waals surface area contributed by atoms with Gasteiger partial charge in [-0.3, -0.25) is 0 Å². The molecule has 1 N–H and O–H groups in total. The summed E-state index contributed by atoms with van der Waals surface area (Å²) in [5, 5.41) is 3.32. The van der Waals surface area contributed by atoms with Crippen molar-refractivity contribution >= 4 is 9.84 Å². The van der Waals surface area contributed by atoms with Crippen molar-refractivity contribution in [2.24, 2.45) is 0 Å². The zero-order valence-electron chi connectivity index (χ0n) is 13.6. The van der Waals surface area contributed by atoms with Crippen LogP contribution in [0.3, 0.4) is 0 Å². The Morgan fingerprint density at radius 1 is 1.29 bits per heavy atom. The van der Waals surface area contributed by atoms with Crippen molar-refractivity contribution < 1.29 is 17.5 Å². The Morgan fingerprint density at radius 3 is 2.71 bits per heavy atom. The number of hydrogen-bond donors (Lipinski definition) is 1. The summed E-state index contributed by atoms with van der Waals surface area (Å²) in [6.07, 6.45) is 1.89. The molecule has 24 heavy (non-hydrogen) atoms. The van der Waals surface area contributed by atoms with Gasteiger partial charge >= 0.3 is 0 Å². The molecule has 0 unspecified atom stereocenters. The number of hydrogen-bond acceptors (Lipinski definition) is 4. The number of para-hydroxylation sites is 1. The fourth-order valence-electron chi connectivity index (χ4n) is 2.88. The second-order valence-corrected chi connectivity index (χ2v) is 8.13. The first-order valence-corrected chi connectivity index (χ1v) is 9.71. The van der Waals surface area contributed by atoms with Crippen LogP contribution in [0.5, 0.6) is 5.75 Å². The standard InChI is InChI=1S/C18H20FNO3S/c1-12(13-7-8-18(16(19)10-13)24(2,21)22)20-11-15-9-14-5-3-4-6-17(14)23-15/h3-8,10,12,15,20H,9,11H2,1-2H3/t12-,15+/m0/s1. The highest BCUT2D eigenvalue weighted by molar-refractivity contribution is 7.90. The van der Waals surface area contributed by atoms with E-state index in [2.05, 4.69) is 11.4 Å². The molecule has 0 radical (unpaired) electrons. The van der Waals surface area contributed by atoms with Crippen molar-refractivity contribution in [3.63, 3.8) is 0 Å². The molecule has 1 aliphatic heterocycles. The molecular formula is C18H20FNO3S. The molecule has 2 atom stereocenters. The first-order chi connectivity index (χ1) is 11.3. The van der Waals surface area contributed by atoms with Crippen LogP contribution in [0.15, 0.2) is 47.4 Å². The predicted octanol–water partition coefficient (Wildman–Crippen LogP) is 2.88. The Bertz CT molecular complexity index is 826. The summed E-state index contributed by atoms with van der Waals surface area (Å²) >= 11 is 0. The highest BCUT2D eigenvalue weighted by Gasteiger charge is 2.23. The molecule has 0 amide bonds. The van der Waals surface area contributed by atoms with Gasteiger partial charge in [0.1, 0.15) is 22.6 Å². The average Bonchev–Trinajstić information content (AvgIpc) is 2.94. The third-order valence-electron chi connectivity index (χ3n) is 4.22. The average molecular weight is 349 g/mol. The molecule has 3 rings (SSSR count). The van der Waals surface area contributed by atoms with Crippen LogP contribution in [0.4, 0.5) is 4.39 Å². The van der Waals surface area contributed by atoms with Crippen molar-refractivity contribution in [2.45, 2.75) is 30.4 Å². The maximum Gasteiger partial charge on any atom is 0.178 e. The number of nitrogens with one attached hydrogen (secondary N) is 1. The second kappa shape index (κ2) is 6.53. The minimum absolute atomic E-state index is 0.0463. The van der Waals surface area contributed by atoms with Crippen LogP contribution in [-0.2, 0) is 16.3 Å². The van der Waals surface area contributed by atoms with Crippen LogP contribution >= 0.6 is 0 Å². The molecule has 0 saturated heterocycles. The van der Waals surface area contributed by atoms with Gasteiger partial charge in [0.05, 0.1) is 0 Å². The maximum atomic E-state index is 14.0. The minimum atomic E-state index is -3.55. The summed E-state index contributed by atoms with van der Waals surface area (Å²) in [4.78, 5) is -0.270. The summed E-state index contributed by atoms with van der Waals surface area (Å²) in [6, 6.07) is 12.1. The van der Waals surface area contributed by atoms with Crippen LogP contribution in [0.2, 0.25) is 0 Å². The van der Waals surface area contributed by atoms with Gasteiger partial charge in [0.15, 0.2) is 9.84 Å². The Balaban J connectivity index is 1.62. The molecule has 128 valence electrons. The molecule has 1 aliphatic rings.